The summed E-state index contributed by atoms with van der Waals surface area (Å²) in [7, 11) is 0. The lowest BCUT2D eigenvalue weighted by atomic mass is 10.1. The third kappa shape index (κ3) is 4.65. The first kappa shape index (κ1) is 16.7. The standard InChI is InChI=1S/C16H18N2O5/c1-11(2)22-10-13-6-4-3-5-12(13)9-17-16(19)14-7-8-15(23-14)18(20)21/h3-8,11H,9-10H2,1-2H3,(H,17,19). The normalized spacial score (nSPS) is 10.7. The van der Waals surface area contributed by atoms with Gasteiger partial charge >= 0.3 is 5.88 Å². The number of nitro groups is 1. The summed E-state index contributed by atoms with van der Waals surface area (Å²) in [5.74, 6) is -1.05. The van der Waals surface area contributed by atoms with Crippen molar-refractivity contribution in [2.75, 3.05) is 0 Å². The van der Waals surface area contributed by atoms with Crippen LogP contribution in [0.25, 0.3) is 0 Å². The average molecular weight is 318 g/mol. The van der Waals surface area contributed by atoms with Crippen LogP contribution in [-0.4, -0.2) is 16.9 Å². The number of benzene rings is 1. The lowest BCUT2D eigenvalue weighted by molar-refractivity contribution is -0.402. The molecule has 7 nitrogen and oxygen atoms in total. The Morgan fingerprint density at radius 2 is 1.96 bits per heavy atom. The van der Waals surface area contributed by atoms with E-state index in [1.54, 1.807) is 0 Å². The van der Waals surface area contributed by atoms with Gasteiger partial charge in [0.15, 0.2) is 5.76 Å². The van der Waals surface area contributed by atoms with Gasteiger partial charge in [-0.15, -0.1) is 0 Å². The van der Waals surface area contributed by atoms with Crippen molar-refractivity contribution in [3.8, 4) is 0 Å². The van der Waals surface area contributed by atoms with E-state index in [1.807, 2.05) is 38.1 Å². The van der Waals surface area contributed by atoms with Crippen molar-refractivity contribution in [3.63, 3.8) is 0 Å². The molecule has 23 heavy (non-hydrogen) atoms. The van der Waals surface area contributed by atoms with Gasteiger partial charge in [-0.25, -0.2) is 0 Å². The third-order valence-electron chi connectivity index (χ3n) is 3.13. The summed E-state index contributed by atoms with van der Waals surface area (Å²) in [5, 5.41) is 13.2. The van der Waals surface area contributed by atoms with E-state index in [9.17, 15) is 14.9 Å². The van der Waals surface area contributed by atoms with Gasteiger partial charge in [0, 0.05) is 6.54 Å². The first-order chi connectivity index (χ1) is 11.0. The first-order valence-corrected chi connectivity index (χ1v) is 7.18. The smallest absolute Gasteiger partial charge is 0.395 e. The largest absolute Gasteiger partial charge is 0.433 e. The average Bonchev–Trinajstić information content (AvgIpc) is 3.01. The Balaban J connectivity index is 1.99. The second-order valence-corrected chi connectivity index (χ2v) is 5.21. The van der Waals surface area contributed by atoms with Crippen LogP contribution in [0, 0.1) is 10.1 Å². The van der Waals surface area contributed by atoms with Gasteiger partial charge in [0.05, 0.1) is 18.8 Å². The number of amides is 1. The molecule has 1 heterocycles. The van der Waals surface area contributed by atoms with Gasteiger partial charge in [0.25, 0.3) is 5.91 Å². The van der Waals surface area contributed by atoms with Crippen LogP contribution in [0.5, 0.6) is 0 Å². The summed E-state index contributed by atoms with van der Waals surface area (Å²) in [6.07, 6.45) is 0.112. The molecule has 0 atom stereocenters. The van der Waals surface area contributed by atoms with Crippen LogP contribution >= 0.6 is 0 Å². The van der Waals surface area contributed by atoms with E-state index in [1.165, 1.54) is 6.07 Å². The number of nitrogens with zero attached hydrogens (tertiary/aromatic N) is 1. The fourth-order valence-electron chi connectivity index (χ4n) is 1.94. The monoisotopic (exact) mass is 318 g/mol. The molecular weight excluding hydrogens is 300 g/mol. The Labute approximate surface area is 133 Å². The number of rotatable bonds is 7. The third-order valence-corrected chi connectivity index (χ3v) is 3.13. The maximum atomic E-state index is 12.0. The SMILES string of the molecule is CC(C)OCc1ccccc1CNC(=O)c1ccc([N+](=O)[O-])o1. The van der Waals surface area contributed by atoms with Crippen LogP contribution in [0.3, 0.4) is 0 Å². The molecule has 0 spiro atoms. The molecule has 1 aromatic heterocycles. The Hall–Kier alpha value is -2.67. The summed E-state index contributed by atoms with van der Waals surface area (Å²) in [5.41, 5.74) is 1.90. The molecule has 122 valence electrons. The Morgan fingerprint density at radius 1 is 1.26 bits per heavy atom. The van der Waals surface area contributed by atoms with Crippen LogP contribution in [0.1, 0.15) is 35.5 Å². The topological polar surface area (TPSA) is 94.6 Å². The zero-order valence-electron chi connectivity index (χ0n) is 12.9. The van der Waals surface area contributed by atoms with Gasteiger partial charge in [0.1, 0.15) is 4.92 Å². The summed E-state index contributed by atoms with van der Waals surface area (Å²) in [6.45, 7) is 4.64. The van der Waals surface area contributed by atoms with Gasteiger partial charge in [-0.3, -0.25) is 14.9 Å². The van der Waals surface area contributed by atoms with Crippen LogP contribution in [0.15, 0.2) is 40.8 Å². The molecule has 0 aliphatic heterocycles. The molecular formula is C16H18N2O5. The second kappa shape index (κ2) is 7.55. The molecule has 2 rings (SSSR count). The van der Waals surface area contributed by atoms with E-state index < -0.39 is 16.7 Å². The minimum absolute atomic E-state index is 0.0902. The second-order valence-electron chi connectivity index (χ2n) is 5.21. The minimum Gasteiger partial charge on any atom is -0.395 e. The fraction of sp³-hybridized carbons (Fsp3) is 0.312. The molecule has 0 radical (unpaired) electrons. The lowest BCUT2D eigenvalue weighted by Gasteiger charge is -2.12. The van der Waals surface area contributed by atoms with Crippen LogP contribution in [0.2, 0.25) is 0 Å². The summed E-state index contributed by atoms with van der Waals surface area (Å²) in [4.78, 5) is 21.8. The lowest BCUT2D eigenvalue weighted by Crippen LogP contribution is -2.23. The van der Waals surface area contributed by atoms with Crippen molar-refractivity contribution in [2.24, 2.45) is 0 Å². The highest BCUT2D eigenvalue weighted by Gasteiger charge is 2.17. The van der Waals surface area contributed by atoms with E-state index >= 15 is 0 Å². The maximum absolute atomic E-state index is 12.0. The Kier molecular flexibility index (Phi) is 5.48. The Morgan fingerprint density at radius 3 is 2.57 bits per heavy atom. The highest BCUT2D eigenvalue weighted by Crippen LogP contribution is 2.16. The van der Waals surface area contributed by atoms with E-state index in [4.69, 9.17) is 9.15 Å². The van der Waals surface area contributed by atoms with Crippen LogP contribution < -0.4 is 5.32 Å². The zero-order chi connectivity index (χ0) is 16.8. The molecule has 0 fully saturated rings. The summed E-state index contributed by atoms with van der Waals surface area (Å²) < 4.78 is 10.5. The number of carbonyl (C=O) groups is 1. The number of hydrogen-bond donors (Lipinski definition) is 1. The molecule has 7 heteroatoms. The van der Waals surface area contributed by atoms with Crippen LogP contribution in [0.4, 0.5) is 5.88 Å². The van der Waals surface area contributed by atoms with E-state index in [0.717, 1.165) is 17.2 Å². The number of ether oxygens (including phenoxy) is 1. The quantitative estimate of drug-likeness (QED) is 0.625. The van der Waals surface area contributed by atoms with Crippen molar-refractivity contribution in [1.82, 2.24) is 5.32 Å². The molecule has 0 aliphatic rings. The van der Waals surface area contributed by atoms with Crippen molar-refractivity contribution < 1.29 is 18.9 Å². The van der Waals surface area contributed by atoms with E-state index in [2.05, 4.69) is 5.32 Å². The molecule has 0 saturated carbocycles. The van der Waals surface area contributed by atoms with E-state index in [-0.39, 0.29) is 18.4 Å². The minimum atomic E-state index is -0.685. The predicted molar refractivity (Wildman–Crippen MR) is 82.9 cm³/mol. The van der Waals surface area contributed by atoms with Crippen molar-refractivity contribution in [3.05, 3.63) is 63.4 Å². The first-order valence-electron chi connectivity index (χ1n) is 7.18. The molecule has 0 aliphatic carbocycles. The highest BCUT2D eigenvalue weighted by atomic mass is 16.6. The molecule has 1 N–H and O–H groups in total. The van der Waals surface area contributed by atoms with E-state index in [0.29, 0.717) is 6.61 Å². The molecule has 0 bridgehead atoms. The molecule has 1 aromatic carbocycles. The van der Waals surface area contributed by atoms with Crippen molar-refractivity contribution in [1.29, 1.82) is 0 Å². The van der Waals surface area contributed by atoms with Gasteiger partial charge in [0.2, 0.25) is 0 Å². The van der Waals surface area contributed by atoms with Gasteiger partial charge in [-0.05, 0) is 31.0 Å². The predicted octanol–water partition coefficient (Wildman–Crippen LogP) is 3.04. The molecule has 2 aromatic rings. The number of furan rings is 1. The van der Waals surface area contributed by atoms with Crippen molar-refractivity contribution in [2.45, 2.75) is 33.1 Å². The fourth-order valence-corrected chi connectivity index (χ4v) is 1.94. The number of nitrogens with one attached hydrogen (secondary N) is 1. The number of hydrogen-bond acceptors (Lipinski definition) is 5. The maximum Gasteiger partial charge on any atom is 0.433 e. The highest BCUT2D eigenvalue weighted by molar-refractivity contribution is 5.91. The summed E-state index contributed by atoms with van der Waals surface area (Å²) in [6, 6.07) is 10.0. The van der Waals surface area contributed by atoms with Gasteiger partial charge in [-0.2, -0.15) is 0 Å². The number of carbonyl (C=O) groups excluding carboxylic acids is 1. The van der Waals surface area contributed by atoms with Gasteiger partial charge in [-0.1, -0.05) is 24.3 Å². The molecule has 0 unspecified atom stereocenters. The van der Waals surface area contributed by atoms with Gasteiger partial charge < -0.3 is 14.5 Å². The van der Waals surface area contributed by atoms with Crippen molar-refractivity contribution >= 4 is 11.8 Å². The summed E-state index contributed by atoms with van der Waals surface area (Å²) >= 11 is 0. The van der Waals surface area contributed by atoms with Crippen LogP contribution in [-0.2, 0) is 17.9 Å². The molecule has 1 amide bonds. The molecule has 0 saturated heterocycles. The Bertz CT molecular complexity index is 693. The zero-order valence-corrected chi connectivity index (χ0v) is 12.9.